The molecule has 2 aromatic rings. The van der Waals surface area contributed by atoms with Gasteiger partial charge in [0.2, 0.25) is 5.91 Å². The van der Waals surface area contributed by atoms with Crippen LogP contribution < -0.4 is 11.1 Å². The predicted molar refractivity (Wildman–Crippen MR) is 73.7 cm³/mol. The Labute approximate surface area is 111 Å². The molecule has 19 heavy (non-hydrogen) atoms. The third kappa shape index (κ3) is 2.37. The normalized spacial score (nSPS) is 14.1. The fourth-order valence-corrected chi connectivity index (χ4v) is 2.32. The molecule has 5 nitrogen and oxygen atoms in total. The molecule has 3 rings (SSSR count). The number of aromatic nitrogens is 2. The second kappa shape index (κ2) is 4.85. The Bertz CT molecular complexity index is 618. The Kier molecular flexibility index (Phi) is 3.05. The van der Waals surface area contributed by atoms with Crippen LogP contribution in [-0.2, 0) is 17.6 Å². The van der Waals surface area contributed by atoms with Crippen LogP contribution in [-0.4, -0.2) is 22.4 Å². The molecule has 0 saturated carbocycles. The fraction of sp³-hybridized carbons (Fsp3) is 0.286. The van der Waals surface area contributed by atoms with Crippen LogP contribution in [0.1, 0.15) is 17.8 Å². The number of nitrogens with zero attached hydrogens (tertiary/aromatic N) is 1. The molecule has 0 bridgehead atoms. The minimum absolute atomic E-state index is 0.0898. The van der Waals surface area contributed by atoms with Crippen LogP contribution in [0.4, 0.5) is 5.69 Å². The van der Waals surface area contributed by atoms with Gasteiger partial charge >= 0.3 is 0 Å². The van der Waals surface area contributed by atoms with Crippen molar-refractivity contribution < 1.29 is 4.79 Å². The molecule has 0 radical (unpaired) electrons. The van der Waals surface area contributed by atoms with Crippen molar-refractivity contribution in [2.75, 3.05) is 11.9 Å². The molecule has 1 amide bonds. The Morgan fingerprint density at radius 1 is 1.32 bits per heavy atom. The first kappa shape index (κ1) is 11.9. The summed E-state index contributed by atoms with van der Waals surface area (Å²) >= 11 is 0. The lowest BCUT2D eigenvalue weighted by molar-refractivity contribution is -0.116. The highest BCUT2D eigenvalue weighted by Crippen LogP contribution is 2.27. The SMILES string of the molecule is NCCc1ncc(-c2ccc3c(c2)CCC(=O)N3)[nH]1. The summed E-state index contributed by atoms with van der Waals surface area (Å²) in [5, 5.41) is 2.88. The highest BCUT2D eigenvalue weighted by molar-refractivity contribution is 5.94. The lowest BCUT2D eigenvalue weighted by Crippen LogP contribution is -2.18. The molecule has 0 spiro atoms. The molecule has 0 unspecified atom stereocenters. The van der Waals surface area contributed by atoms with Gasteiger partial charge in [-0.15, -0.1) is 0 Å². The lowest BCUT2D eigenvalue weighted by atomic mass is 9.99. The summed E-state index contributed by atoms with van der Waals surface area (Å²) in [6.07, 6.45) is 3.92. The number of nitrogens with one attached hydrogen (secondary N) is 2. The number of nitrogens with two attached hydrogens (primary N) is 1. The van der Waals surface area contributed by atoms with Crippen molar-refractivity contribution in [1.29, 1.82) is 0 Å². The molecule has 1 aliphatic heterocycles. The van der Waals surface area contributed by atoms with E-state index < -0.39 is 0 Å². The standard InChI is InChI=1S/C14H16N4O/c15-6-5-13-16-8-12(17-13)10-1-3-11-9(7-10)2-4-14(19)18-11/h1,3,7-8H,2,4-6,15H2,(H,16,17)(H,18,19). The number of rotatable bonds is 3. The molecule has 5 heteroatoms. The number of carbonyl (C=O) groups is 1. The van der Waals surface area contributed by atoms with Crippen molar-refractivity contribution in [3.8, 4) is 11.3 Å². The van der Waals surface area contributed by atoms with Crippen molar-refractivity contribution in [2.45, 2.75) is 19.3 Å². The first-order valence-corrected chi connectivity index (χ1v) is 6.43. The first-order valence-electron chi connectivity index (χ1n) is 6.43. The van der Waals surface area contributed by atoms with E-state index in [1.807, 2.05) is 18.3 Å². The minimum Gasteiger partial charge on any atom is -0.342 e. The second-order valence-electron chi connectivity index (χ2n) is 4.70. The topological polar surface area (TPSA) is 83.8 Å². The maximum Gasteiger partial charge on any atom is 0.224 e. The van der Waals surface area contributed by atoms with Gasteiger partial charge < -0.3 is 16.0 Å². The molecule has 1 aliphatic rings. The van der Waals surface area contributed by atoms with Gasteiger partial charge in [-0.05, 0) is 36.2 Å². The zero-order valence-electron chi connectivity index (χ0n) is 10.6. The van der Waals surface area contributed by atoms with E-state index in [1.54, 1.807) is 0 Å². The second-order valence-corrected chi connectivity index (χ2v) is 4.70. The van der Waals surface area contributed by atoms with Crippen LogP contribution >= 0.6 is 0 Å². The molecular weight excluding hydrogens is 240 g/mol. The molecule has 0 saturated heterocycles. The van der Waals surface area contributed by atoms with Crippen molar-refractivity contribution in [1.82, 2.24) is 9.97 Å². The number of H-pyrrole nitrogens is 1. The number of imidazole rings is 1. The maximum atomic E-state index is 11.3. The number of aryl methyl sites for hydroxylation is 1. The third-order valence-electron chi connectivity index (χ3n) is 3.32. The number of carbonyl (C=O) groups excluding carboxylic acids is 1. The van der Waals surface area contributed by atoms with E-state index in [0.717, 1.165) is 35.6 Å². The maximum absolute atomic E-state index is 11.3. The lowest BCUT2D eigenvalue weighted by Gasteiger charge is -2.17. The molecule has 0 atom stereocenters. The van der Waals surface area contributed by atoms with Gasteiger partial charge in [0.25, 0.3) is 0 Å². The number of benzene rings is 1. The number of aromatic amines is 1. The van der Waals surface area contributed by atoms with Crippen LogP contribution in [0.25, 0.3) is 11.3 Å². The smallest absolute Gasteiger partial charge is 0.224 e. The highest BCUT2D eigenvalue weighted by atomic mass is 16.1. The Balaban J connectivity index is 1.90. The average molecular weight is 256 g/mol. The summed E-state index contributed by atoms with van der Waals surface area (Å²) in [5.74, 6) is 0.996. The van der Waals surface area contributed by atoms with E-state index in [1.165, 1.54) is 5.56 Å². The Morgan fingerprint density at radius 3 is 3.05 bits per heavy atom. The molecule has 0 aliphatic carbocycles. The van der Waals surface area contributed by atoms with E-state index in [2.05, 4.69) is 21.4 Å². The van der Waals surface area contributed by atoms with E-state index in [0.29, 0.717) is 13.0 Å². The van der Waals surface area contributed by atoms with E-state index in [9.17, 15) is 4.79 Å². The molecular formula is C14H16N4O. The van der Waals surface area contributed by atoms with Gasteiger partial charge in [0.05, 0.1) is 11.9 Å². The summed E-state index contributed by atoms with van der Waals surface area (Å²) in [6.45, 7) is 0.586. The Morgan fingerprint density at radius 2 is 2.21 bits per heavy atom. The van der Waals surface area contributed by atoms with E-state index in [4.69, 9.17) is 5.73 Å². The van der Waals surface area contributed by atoms with Crippen LogP contribution in [0.15, 0.2) is 24.4 Å². The highest BCUT2D eigenvalue weighted by Gasteiger charge is 2.15. The monoisotopic (exact) mass is 256 g/mol. The number of hydrogen-bond acceptors (Lipinski definition) is 3. The molecule has 4 N–H and O–H groups in total. The van der Waals surface area contributed by atoms with Crippen LogP contribution in [0.2, 0.25) is 0 Å². The average Bonchev–Trinajstić information content (AvgIpc) is 2.87. The largest absolute Gasteiger partial charge is 0.342 e. The predicted octanol–water partition coefficient (Wildman–Crippen LogP) is 1.46. The van der Waals surface area contributed by atoms with Crippen LogP contribution in [0.3, 0.4) is 0 Å². The van der Waals surface area contributed by atoms with Crippen LogP contribution in [0.5, 0.6) is 0 Å². The van der Waals surface area contributed by atoms with Gasteiger partial charge in [-0.2, -0.15) is 0 Å². The van der Waals surface area contributed by atoms with Crippen molar-refractivity contribution in [2.24, 2.45) is 5.73 Å². The minimum atomic E-state index is 0.0898. The van der Waals surface area contributed by atoms with Gasteiger partial charge in [0.1, 0.15) is 5.82 Å². The molecule has 2 heterocycles. The summed E-state index contributed by atoms with van der Waals surface area (Å²) in [4.78, 5) is 18.9. The number of amides is 1. The summed E-state index contributed by atoms with van der Waals surface area (Å²) in [7, 11) is 0. The summed E-state index contributed by atoms with van der Waals surface area (Å²) in [6, 6.07) is 6.05. The van der Waals surface area contributed by atoms with E-state index >= 15 is 0 Å². The quantitative estimate of drug-likeness (QED) is 0.777. The van der Waals surface area contributed by atoms with Gasteiger partial charge in [0, 0.05) is 18.5 Å². The summed E-state index contributed by atoms with van der Waals surface area (Å²) < 4.78 is 0. The van der Waals surface area contributed by atoms with Gasteiger partial charge in [-0.1, -0.05) is 6.07 Å². The van der Waals surface area contributed by atoms with Crippen molar-refractivity contribution >= 4 is 11.6 Å². The van der Waals surface area contributed by atoms with Gasteiger partial charge in [-0.25, -0.2) is 4.98 Å². The number of fused-ring (bicyclic) bond motifs is 1. The number of hydrogen-bond donors (Lipinski definition) is 3. The van der Waals surface area contributed by atoms with Gasteiger partial charge in [-0.3, -0.25) is 4.79 Å². The van der Waals surface area contributed by atoms with Crippen LogP contribution in [0, 0.1) is 0 Å². The fourth-order valence-electron chi connectivity index (χ4n) is 2.32. The molecule has 1 aromatic carbocycles. The third-order valence-corrected chi connectivity index (χ3v) is 3.32. The molecule has 0 fully saturated rings. The molecule has 98 valence electrons. The van der Waals surface area contributed by atoms with Crippen molar-refractivity contribution in [3.63, 3.8) is 0 Å². The summed E-state index contributed by atoms with van der Waals surface area (Å²) in [5.41, 5.74) is 9.68. The van der Waals surface area contributed by atoms with Gasteiger partial charge in [0.15, 0.2) is 0 Å². The molecule has 1 aromatic heterocycles. The first-order chi connectivity index (χ1) is 9.26. The number of anilines is 1. The zero-order chi connectivity index (χ0) is 13.2. The van der Waals surface area contributed by atoms with E-state index in [-0.39, 0.29) is 5.91 Å². The van der Waals surface area contributed by atoms with Crippen molar-refractivity contribution in [3.05, 3.63) is 35.8 Å². The zero-order valence-corrected chi connectivity index (χ0v) is 10.6. The Hall–Kier alpha value is -2.14.